The van der Waals surface area contributed by atoms with Crippen LogP contribution in [-0.4, -0.2) is 27.0 Å². The third-order valence-corrected chi connectivity index (χ3v) is 6.04. The van der Waals surface area contributed by atoms with Crippen molar-refractivity contribution in [1.82, 2.24) is 19.9 Å². The van der Waals surface area contributed by atoms with E-state index in [-0.39, 0.29) is 28.6 Å². The molecule has 6 nitrogen and oxygen atoms in total. The molecule has 9 heteroatoms. The van der Waals surface area contributed by atoms with E-state index in [0.717, 1.165) is 0 Å². The number of hydrogen-bond donors (Lipinski definition) is 1. The molecule has 1 atom stereocenters. The maximum absolute atomic E-state index is 14.8. The van der Waals surface area contributed by atoms with Crippen molar-refractivity contribution in [1.29, 1.82) is 0 Å². The lowest BCUT2D eigenvalue weighted by Crippen LogP contribution is -2.29. The molecular weight excluding hydrogens is 466 g/mol. The first-order valence-electron chi connectivity index (χ1n) is 10.5. The Morgan fingerprint density at radius 1 is 1.21 bits per heavy atom. The second kappa shape index (κ2) is 9.00. The van der Waals surface area contributed by atoms with Crippen LogP contribution in [0.25, 0.3) is 5.65 Å². The maximum Gasteiger partial charge on any atom is 0.274 e. The first-order valence-corrected chi connectivity index (χ1v) is 11.2. The Morgan fingerprint density at radius 3 is 2.85 bits per heavy atom. The van der Waals surface area contributed by atoms with E-state index in [0.29, 0.717) is 22.3 Å². The molecular formula is C24H19Cl2FN4O2. The molecule has 0 radical (unpaired) electrons. The Labute approximate surface area is 199 Å². The van der Waals surface area contributed by atoms with Crippen molar-refractivity contribution >= 4 is 34.8 Å². The molecule has 1 aliphatic carbocycles. The first-order chi connectivity index (χ1) is 16.0. The molecule has 0 aliphatic heterocycles. The maximum atomic E-state index is 14.8. The number of halogens is 3. The van der Waals surface area contributed by atoms with Gasteiger partial charge in [0.05, 0.1) is 18.9 Å². The quantitative estimate of drug-likeness (QED) is 0.341. The van der Waals surface area contributed by atoms with Gasteiger partial charge in [-0.05, 0) is 48.6 Å². The van der Waals surface area contributed by atoms with Gasteiger partial charge in [0.25, 0.3) is 5.91 Å². The summed E-state index contributed by atoms with van der Waals surface area (Å²) in [6, 6.07) is 14.0. The van der Waals surface area contributed by atoms with Crippen LogP contribution in [0.3, 0.4) is 0 Å². The van der Waals surface area contributed by atoms with Crippen LogP contribution in [0.4, 0.5) is 4.39 Å². The fraction of sp³-hybridized carbons (Fsp3) is 0.208. The summed E-state index contributed by atoms with van der Waals surface area (Å²) in [5, 5.41) is 7.41. The molecule has 2 aromatic carbocycles. The van der Waals surface area contributed by atoms with Crippen LogP contribution < -0.4 is 10.1 Å². The Balaban J connectivity index is 1.39. The van der Waals surface area contributed by atoms with Crippen molar-refractivity contribution in [2.24, 2.45) is 0 Å². The Bertz CT molecular complexity index is 1340. The van der Waals surface area contributed by atoms with Gasteiger partial charge in [0.15, 0.2) is 17.1 Å². The molecule has 1 amide bonds. The highest BCUT2D eigenvalue weighted by Gasteiger charge is 2.25. The molecule has 0 saturated heterocycles. The lowest BCUT2D eigenvalue weighted by molar-refractivity contribution is 0.0931. The molecule has 1 fully saturated rings. The summed E-state index contributed by atoms with van der Waals surface area (Å²) in [7, 11) is 0. The summed E-state index contributed by atoms with van der Waals surface area (Å²) in [6.07, 6.45) is 3.81. The molecule has 1 aliphatic rings. The van der Waals surface area contributed by atoms with E-state index in [1.807, 2.05) is 18.2 Å². The fourth-order valence-electron chi connectivity index (χ4n) is 3.65. The SMILES string of the molecule is O=C(NCC(F)c1ccc(Cl)cc1Cl)c1c(Oc2cccc(C3CC3)c2)cnc2ccnn12. The normalized spacial score (nSPS) is 14.3. The molecule has 1 N–H and O–H groups in total. The number of nitrogens with zero attached hydrogens (tertiary/aromatic N) is 3. The first kappa shape index (κ1) is 21.7. The molecule has 1 unspecified atom stereocenters. The smallest absolute Gasteiger partial charge is 0.274 e. The van der Waals surface area contributed by atoms with Crippen LogP contribution in [0.15, 0.2) is 60.9 Å². The Kier molecular flexibility index (Phi) is 5.91. The molecule has 33 heavy (non-hydrogen) atoms. The zero-order valence-electron chi connectivity index (χ0n) is 17.3. The number of alkyl halides is 1. The zero-order chi connectivity index (χ0) is 22.9. The minimum Gasteiger partial charge on any atom is -0.453 e. The summed E-state index contributed by atoms with van der Waals surface area (Å²) < 4.78 is 22.2. The molecule has 1 saturated carbocycles. The lowest BCUT2D eigenvalue weighted by atomic mass is 10.1. The van der Waals surface area contributed by atoms with E-state index >= 15 is 0 Å². The average Bonchev–Trinajstić information content (AvgIpc) is 3.55. The van der Waals surface area contributed by atoms with Crippen molar-refractivity contribution in [3.05, 3.63) is 87.8 Å². The third-order valence-electron chi connectivity index (χ3n) is 5.47. The number of ether oxygens (including phenoxy) is 1. The topological polar surface area (TPSA) is 68.5 Å². The second-order valence-corrected chi connectivity index (χ2v) is 8.71. The van der Waals surface area contributed by atoms with Crippen molar-refractivity contribution in [2.45, 2.75) is 24.9 Å². The molecule has 4 aromatic rings. The Hall–Kier alpha value is -3.16. The van der Waals surface area contributed by atoms with Gasteiger partial charge in [-0.2, -0.15) is 5.10 Å². The van der Waals surface area contributed by atoms with Gasteiger partial charge in [-0.1, -0.05) is 41.4 Å². The van der Waals surface area contributed by atoms with E-state index in [2.05, 4.69) is 21.5 Å². The zero-order valence-corrected chi connectivity index (χ0v) is 18.9. The van der Waals surface area contributed by atoms with Gasteiger partial charge in [-0.15, -0.1) is 0 Å². The van der Waals surface area contributed by atoms with E-state index in [9.17, 15) is 9.18 Å². The van der Waals surface area contributed by atoms with Gasteiger partial charge in [0.2, 0.25) is 0 Å². The van der Waals surface area contributed by atoms with Crippen molar-refractivity contribution in [3.8, 4) is 11.5 Å². The van der Waals surface area contributed by atoms with Gasteiger partial charge >= 0.3 is 0 Å². The number of amides is 1. The number of carbonyl (C=O) groups excluding carboxylic acids is 1. The van der Waals surface area contributed by atoms with Crippen molar-refractivity contribution in [3.63, 3.8) is 0 Å². The van der Waals surface area contributed by atoms with Crippen LogP contribution >= 0.6 is 23.2 Å². The predicted octanol–water partition coefficient (Wildman–Crippen LogP) is 6.15. The highest BCUT2D eigenvalue weighted by atomic mass is 35.5. The van der Waals surface area contributed by atoms with Gasteiger partial charge < -0.3 is 10.1 Å². The van der Waals surface area contributed by atoms with E-state index < -0.39 is 12.1 Å². The number of rotatable bonds is 7. The molecule has 5 rings (SSSR count). The van der Waals surface area contributed by atoms with Crippen molar-refractivity contribution in [2.75, 3.05) is 6.54 Å². The monoisotopic (exact) mass is 484 g/mol. The number of benzene rings is 2. The number of fused-ring (bicyclic) bond motifs is 1. The second-order valence-electron chi connectivity index (χ2n) is 7.86. The van der Waals surface area contributed by atoms with Crippen molar-refractivity contribution < 1.29 is 13.9 Å². The van der Waals surface area contributed by atoms with Crippen LogP contribution in [-0.2, 0) is 0 Å². The average molecular weight is 485 g/mol. The summed E-state index contributed by atoms with van der Waals surface area (Å²) in [5.74, 6) is 0.825. The van der Waals surface area contributed by atoms with Crippen LogP contribution in [0.5, 0.6) is 11.5 Å². The standard InChI is InChI=1S/C24H19Cl2FN4O2/c25-16-6-7-18(19(26)11-16)20(27)12-29-24(32)23-21(13-28-22-8-9-30-31(22)23)33-17-3-1-2-15(10-17)14-4-5-14/h1-3,6-11,13-14,20H,4-5,12H2,(H,29,32). The summed E-state index contributed by atoms with van der Waals surface area (Å²) >= 11 is 12.0. The van der Waals surface area contributed by atoms with Crippen LogP contribution in [0.2, 0.25) is 10.0 Å². The van der Waals surface area contributed by atoms with Gasteiger partial charge in [-0.25, -0.2) is 13.9 Å². The number of hydrogen-bond acceptors (Lipinski definition) is 4. The predicted molar refractivity (Wildman–Crippen MR) is 124 cm³/mol. The minimum absolute atomic E-state index is 0.122. The summed E-state index contributed by atoms with van der Waals surface area (Å²) in [4.78, 5) is 17.4. The number of nitrogens with one attached hydrogen (secondary N) is 1. The molecule has 0 bridgehead atoms. The Morgan fingerprint density at radius 2 is 2.06 bits per heavy atom. The van der Waals surface area contributed by atoms with E-state index in [1.54, 1.807) is 12.1 Å². The molecule has 168 valence electrons. The molecule has 2 heterocycles. The van der Waals surface area contributed by atoms with E-state index in [4.69, 9.17) is 27.9 Å². The van der Waals surface area contributed by atoms with Crippen LogP contribution in [0, 0.1) is 0 Å². The van der Waals surface area contributed by atoms with E-state index in [1.165, 1.54) is 47.4 Å². The fourth-order valence-corrected chi connectivity index (χ4v) is 4.17. The summed E-state index contributed by atoms with van der Waals surface area (Å²) in [5.41, 5.74) is 2.04. The van der Waals surface area contributed by atoms with Gasteiger partial charge in [0.1, 0.15) is 11.9 Å². The highest BCUT2D eigenvalue weighted by Crippen LogP contribution is 2.41. The summed E-state index contributed by atoms with van der Waals surface area (Å²) in [6.45, 7) is -0.290. The molecule has 0 spiro atoms. The third kappa shape index (κ3) is 4.65. The number of carbonyl (C=O) groups is 1. The number of aromatic nitrogens is 3. The van der Waals surface area contributed by atoms with Gasteiger partial charge in [-0.3, -0.25) is 4.79 Å². The molecule has 2 aromatic heterocycles. The highest BCUT2D eigenvalue weighted by molar-refractivity contribution is 6.35. The van der Waals surface area contributed by atoms with Gasteiger partial charge in [0, 0.05) is 21.7 Å². The largest absolute Gasteiger partial charge is 0.453 e. The minimum atomic E-state index is -1.52. The lowest BCUT2D eigenvalue weighted by Gasteiger charge is -2.15. The van der Waals surface area contributed by atoms with Crippen LogP contribution in [0.1, 0.15) is 46.5 Å².